The summed E-state index contributed by atoms with van der Waals surface area (Å²) in [4.78, 5) is 24.5. The van der Waals surface area contributed by atoms with Crippen LogP contribution in [-0.2, 0) is 9.53 Å². The van der Waals surface area contributed by atoms with Crippen molar-refractivity contribution >= 4 is 29.1 Å². The van der Waals surface area contributed by atoms with Crippen LogP contribution in [0.3, 0.4) is 0 Å². The van der Waals surface area contributed by atoms with Gasteiger partial charge in [0.25, 0.3) is 5.91 Å². The molecule has 0 radical (unpaired) electrons. The fraction of sp³-hybridized carbons (Fsp3) is 0.556. The summed E-state index contributed by atoms with van der Waals surface area (Å²) in [6, 6.07) is 5.08. The highest BCUT2D eigenvalue weighted by Crippen LogP contribution is 2.23. The van der Waals surface area contributed by atoms with Crippen LogP contribution < -0.4 is 16.4 Å². The van der Waals surface area contributed by atoms with Gasteiger partial charge in [-0.2, -0.15) is 0 Å². The van der Waals surface area contributed by atoms with Crippen molar-refractivity contribution in [3.8, 4) is 0 Å². The van der Waals surface area contributed by atoms with Crippen LogP contribution >= 0.6 is 11.6 Å². The average Bonchev–Trinajstić information content (AvgIpc) is 2.62. The molecule has 1 aliphatic carbocycles. The first kappa shape index (κ1) is 19.7. The van der Waals surface area contributed by atoms with Crippen molar-refractivity contribution in [1.29, 1.82) is 0 Å². The van der Waals surface area contributed by atoms with Crippen LogP contribution in [0.2, 0.25) is 5.02 Å². The maximum atomic E-state index is 12.5. The molecule has 25 heavy (non-hydrogen) atoms. The Morgan fingerprint density at radius 1 is 1.32 bits per heavy atom. The van der Waals surface area contributed by atoms with E-state index in [9.17, 15) is 9.59 Å². The fourth-order valence-electron chi connectivity index (χ4n) is 2.97. The van der Waals surface area contributed by atoms with Crippen molar-refractivity contribution in [2.45, 2.75) is 50.7 Å². The molecule has 1 aliphatic rings. The van der Waals surface area contributed by atoms with Crippen LogP contribution in [0, 0.1) is 0 Å². The Kier molecular flexibility index (Phi) is 7.68. The van der Waals surface area contributed by atoms with Gasteiger partial charge in [-0.15, -0.1) is 0 Å². The number of halogens is 1. The minimum atomic E-state index is -0.332. The van der Waals surface area contributed by atoms with Gasteiger partial charge in [0.1, 0.15) is 0 Å². The van der Waals surface area contributed by atoms with E-state index in [1.807, 2.05) is 0 Å². The number of nitrogens with one attached hydrogen (secondary N) is 2. The number of carbonyl (C=O) groups is 2. The molecule has 1 saturated carbocycles. The summed E-state index contributed by atoms with van der Waals surface area (Å²) in [6.07, 6.45) is 5.31. The molecule has 1 unspecified atom stereocenters. The molecular formula is C18H26ClN3O3. The molecule has 4 N–H and O–H groups in total. The van der Waals surface area contributed by atoms with Crippen LogP contribution in [0.1, 0.15) is 48.9 Å². The zero-order valence-corrected chi connectivity index (χ0v) is 15.3. The van der Waals surface area contributed by atoms with Gasteiger partial charge in [0.15, 0.2) is 0 Å². The van der Waals surface area contributed by atoms with Crippen molar-refractivity contribution in [3.05, 3.63) is 28.8 Å². The van der Waals surface area contributed by atoms with Gasteiger partial charge in [0.2, 0.25) is 5.91 Å². The molecule has 1 fully saturated rings. The predicted molar refractivity (Wildman–Crippen MR) is 98.9 cm³/mol. The molecule has 6 nitrogen and oxygen atoms in total. The molecule has 1 atom stereocenters. The molecule has 0 saturated heterocycles. The van der Waals surface area contributed by atoms with Crippen molar-refractivity contribution < 1.29 is 14.3 Å². The van der Waals surface area contributed by atoms with Gasteiger partial charge in [-0.1, -0.05) is 30.9 Å². The minimum absolute atomic E-state index is 0.152. The van der Waals surface area contributed by atoms with E-state index in [-0.39, 0.29) is 36.9 Å². The lowest BCUT2D eigenvalue weighted by atomic mass is 9.95. The second-order valence-electron chi connectivity index (χ2n) is 6.35. The molecule has 0 bridgehead atoms. The lowest BCUT2D eigenvalue weighted by Crippen LogP contribution is -2.36. The third-order valence-corrected chi connectivity index (χ3v) is 4.77. The van der Waals surface area contributed by atoms with Crippen molar-refractivity contribution in [3.63, 3.8) is 0 Å². The van der Waals surface area contributed by atoms with Crippen molar-refractivity contribution in [1.82, 2.24) is 5.32 Å². The van der Waals surface area contributed by atoms with Gasteiger partial charge >= 0.3 is 0 Å². The zero-order valence-electron chi connectivity index (χ0n) is 14.5. The van der Waals surface area contributed by atoms with E-state index in [0.29, 0.717) is 16.3 Å². The largest absolute Gasteiger partial charge is 0.380 e. The number of amides is 2. The number of carbonyl (C=O) groups excluding carboxylic acids is 2. The third-order valence-electron chi connectivity index (χ3n) is 4.44. The number of hydrogen-bond donors (Lipinski definition) is 3. The Labute approximate surface area is 153 Å². The summed E-state index contributed by atoms with van der Waals surface area (Å²) < 4.78 is 5.10. The highest BCUT2D eigenvalue weighted by atomic mass is 35.5. The first-order valence-electron chi connectivity index (χ1n) is 8.66. The summed E-state index contributed by atoms with van der Waals surface area (Å²) in [5.74, 6) is -0.428. The number of nitrogens with two attached hydrogens (primary N) is 1. The molecule has 1 aromatic rings. The molecule has 0 aliphatic heterocycles. The quantitative estimate of drug-likeness (QED) is 0.690. The molecular weight excluding hydrogens is 342 g/mol. The van der Waals surface area contributed by atoms with Gasteiger partial charge < -0.3 is 21.1 Å². The summed E-state index contributed by atoms with van der Waals surface area (Å²) >= 11 is 6.16. The van der Waals surface area contributed by atoms with E-state index < -0.39 is 0 Å². The molecule has 2 amide bonds. The minimum Gasteiger partial charge on any atom is -0.380 e. The van der Waals surface area contributed by atoms with Crippen LogP contribution in [0.5, 0.6) is 0 Å². The average molecular weight is 368 g/mol. The normalized spacial score (nSPS) is 16.3. The Bertz CT molecular complexity index is 599. The number of hydrogen-bond acceptors (Lipinski definition) is 4. The van der Waals surface area contributed by atoms with E-state index in [4.69, 9.17) is 22.1 Å². The first-order chi connectivity index (χ1) is 12.0. The standard InChI is InChI=1S/C18H26ClN3O3/c1-25-14(11-20)10-17(23)21-13-7-8-16(19)15(9-13)18(24)22-12-5-3-2-4-6-12/h7-9,12,14H,2-6,10-11,20H2,1H3,(H,21,23)(H,22,24). The van der Waals surface area contributed by atoms with E-state index in [1.54, 1.807) is 18.2 Å². The highest BCUT2D eigenvalue weighted by molar-refractivity contribution is 6.34. The molecule has 7 heteroatoms. The lowest BCUT2D eigenvalue weighted by Gasteiger charge is -2.23. The number of methoxy groups -OCH3 is 1. The van der Waals surface area contributed by atoms with Crippen LogP contribution in [0.15, 0.2) is 18.2 Å². The molecule has 0 heterocycles. The molecule has 0 spiro atoms. The van der Waals surface area contributed by atoms with Crippen molar-refractivity contribution in [2.24, 2.45) is 5.73 Å². The van der Waals surface area contributed by atoms with E-state index >= 15 is 0 Å². The maximum Gasteiger partial charge on any atom is 0.253 e. The molecule has 138 valence electrons. The second-order valence-corrected chi connectivity index (χ2v) is 6.76. The summed E-state index contributed by atoms with van der Waals surface area (Å²) in [6.45, 7) is 0.263. The van der Waals surface area contributed by atoms with Gasteiger partial charge in [-0.05, 0) is 31.0 Å². The highest BCUT2D eigenvalue weighted by Gasteiger charge is 2.19. The maximum absolute atomic E-state index is 12.5. The summed E-state index contributed by atoms with van der Waals surface area (Å²) in [7, 11) is 1.51. The van der Waals surface area contributed by atoms with Gasteiger partial charge in [-0.25, -0.2) is 0 Å². The summed E-state index contributed by atoms with van der Waals surface area (Å²) in [5, 5.41) is 6.15. The van der Waals surface area contributed by atoms with Gasteiger partial charge in [-0.3, -0.25) is 9.59 Å². The molecule has 1 aromatic carbocycles. The number of rotatable bonds is 7. The fourth-order valence-corrected chi connectivity index (χ4v) is 3.17. The van der Waals surface area contributed by atoms with Crippen LogP contribution in [-0.4, -0.2) is 37.6 Å². The first-order valence-corrected chi connectivity index (χ1v) is 9.04. The SMILES string of the molecule is COC(CN)CC(=O)Nc1ccc(Cl)c(C(=O)NC2CCCCC2)c1. The van der Waals surface area contributed by atoms with E-state index in [2.05, 4.69) is 10.6 Å². The number of benzene rings is 1. The van der Waals surface area contributed by atoms with E-state index in [1.165, 1.54) is 13.5 Å². The van der Waals surface area contributed by atoms with Crippen LogP contribution in [0.4, 0.5) is 5.69 Å². The van der Waals surface area contributed by atoms with Gasteiger partial charge in [0.05, 0.1) is 23.1 Å². The lowest BCUT2D eigenvalue weighted by molar-refractivity contribution is -0.118. The number of anilines is 1. The topological polar surface area (TPSA) is 93.4 Å². The Morgan fingerprint density at radius 3 is 2.68 bits per heavy atom. The van der Waals surface area contributed by atoms with Crippen molar-refractivity contribution in [2.75, 3.05) is 19.0 Å². The molecule has 0 aromatic heterocycles. The van der Waals surface area contributed by atoms with Gasteiger partial charge in [0, 0.05) is 25.4 Å². The summed E-state index contributed by atoms with van der Waals surface area (Å²) in [5.41, 5.74) is 6.41. The van der Waals surface area contributed by atoms with E-state index in [0.717, 1.165) is 25.7 Å². The monoisotopic (exact) mass is 367 g/mol. The zero-order chi connectivity index (χ0) is 18.2. The Morgan fingerprint density at radius 2 is 2.04 bits per heavy atom. The number of ether oxygens (including phenoxy) is 1. The Balaban J connectivity index is 2.01. The smallest absolute Gasteiger partial charge is 0.253 e. The Hall–Kier alpha value is -1.63. The third kappa shape index (κ3) is 5.99. The van der Waals surface area contributed by atoms with Crippen LogP contribution in [0.25, 0.3) is 0 Å². The molecule has 2 rings (SSSR count). The second kappa shape index (κ2) is 9.75. The predicted octanol–water partition coefficient (Wildman–Crippen LogP) is 2.70.